The van der Waals surface area contributed by atoms with E-state index in [9.17, 15) is 0 Å². The Kier molecular flexibility index (Phi) is 3.48. The Bertz CT molecular complexity index is 512. The summed E-state index contributed by atoms with van der Waals surface area (Å²) in [7, 11) is 0. The minimum atomic E-state index is -0.0957. The molecule has 0 unspecified atom stereocenters. The maximum Gasteiger partial charge on any atom is 0.116 e. The molecule has 1 aromatic heterocycles. The fourth-order valence-electron chi connectivity index (χ4n) is 1.42. The molecule has 0 N–H and O–H groups in total. The molecule has 86 valence electrons. The average Bonchev–Trinajstić information content (AvgIpc) is 2.60. The van der Waals surface area contributed by atoms with Crippen LogP contribution in [0.15, 0.2) is 25.3 Å². The number of hydrogen-bond acceptors (Lipinski definition) is 2. The van der Waals surface area contributed by atoms with E-state index >= 15 is 0 Å². The summed E-state index contributed by atoms with van der Waals surface area (Å²) >= 11 is 0. The number of rotatable bonds is 2. The van der Waals surface area contributed by atoms with Gasteiger partial charge in [-0.2, -0.15) is 0 Å². The Hall–Kier alpha value is -1.64. The Morgan fingerprint density at radius 3 is 2.38 bits per heavy atom. The van der Waals surface area contributed by atoms with Gasteiger partial charge in [0.1, 0.15) is 5.35 Å². The van der Waals surface area contributed by atoms with E-state index in [1.54, 1.807) is 12.2 Å². The smallest absolute Gasteiger partial charge is 0.116 e. The first kappa shape index (κ1) is 12.4. The van der Waals surface area contributed by atoms with Crippen LogP contribution < -0.4 is 10.7 Å². The zero-order valence-electron chi connectivity index (χ0n) is 10.5. The van der Waals surface area contributed by atoms with Crippen LogP contribution in [0.4, 0.5) is 0 Å². The largest absolute Gasteiger partial charge is 0.239 e. The lowest BCUT2D eigenvalue weighted by Crippen LogP contribution is -2.39. The first-order valence-corrected chi connectivity index (χ1v) is 5.30. The molecule has 0 fully saturated rings. The van der Waals surface area contributed by atoms with Crippen molar-refractivity contribution in [1.29, 1.82) is 0 Å². The maximum absolute atomic E-state index is 4.20. The lowest BCUT2D eigenvalue weighted by atomic mass is 10.1. The Morgan fingerprint density at radius 2 is 1.94 bits per heavy atom. The van der Waals surface area contributed by atoms with E-state index in [2.05, 4.69) is 44.2 Å². The molecule has 1 rings (SSSR count). The lowest BCUT2D eigenvalue weighted by Gasteiger charge is -2.18. The van der Waals surface area contributed by atoms with E-state index in [1.807, 2.05) is 17.7 Å². The summed E-state index contributed by atoms with van der Waals surface area (Å²) in [4.78, 5) is 0. The van der Waals surface area contributed by atoms with Crippen LogP contribution >= 0.6 is 0 Å². The number of allylic oxidation sites excluding steroid dienone is 2. The molecule has 0 saturated carbocycles. The van der Waals surface area contributed by atoms with E-state index in [1.165, 1.54) is 0 Å². The monoisotopic (exact) mass is 217 g/mol. The third-order valence-corrected chi connectivity index (χ3v) is 2.30. The fourth-order valence-corrected chi connectivity index (χ4v) is 1.42. The summed E-state index contributed by atoms with van der Waals surface area (Å²) < 4.78 is 1.90. The van der Waals surface area contributed by atoms with Crippen LogP contribution in [0.2, 0.25) is 0 Å². The van der Waals surface area contributed by atoms with Crippen molar-refractivity contribution in [2.24, 2.45) is 0 Å². The molecule has 0 atom stereocenters. The number of aromatic nitrogens is 3. The van der Waals surface area contributed by atoms with Gasteiger partial charge in [-0.25, -0.2) is 4.68 Å². The Morgan fingerprint density at radius 1 is 1.31 bits per heavy atom. The van der Waals surface area contributed by atoms with Crippen molar-refractivity contribution in [1.82, 2.24) is 15.0 Å². The summed E-state index contributed by atoms with van der Waals surface area (Å²) in [6.07, 6.45) is 5.46. The van der Waals surface area contributed by atoms with Crippen molar-refractivity contribution in [2.75, 3.05) is 0 Å². The van der Waals surface area contributed by atoms with Crippen molar-refractivity contribution in [3.63, 3.8) is 0 Å². The highest BCUT2D eigenvalue weighted by Crippen LogP contribution is 2.06. The highest BCUT2D eigenvalue weighted by Gasteiger charge is 2.16. The normalized spacial score (nSPS) is 14.9. The molecule has 3 nitrogen and oxygen atoms in total. The summed E-state index contributed by atoms with van der Waals surface area (Å²) in [5.41, 5.74) is 0.922. The minimum absolute atomic E-state index is 0.0957. The topological polar surface area (TPSA) is 30.7 Å². The molecule has 0 aliphatic carbocycles. The van der Waals surface area contributed by atoms with Gasteiger partial charge in [-0.1, -0.05) is 30.5 Å². The zero-order valence-corrected chi connectivity index (χ0v) is 10.5. The second-order valence-corrected chi connectivity index (χ2v) is 4.70. The predicted molar refractivity (Wildman–Crippen MR) is 68.2 cm³/mol. The molecule has 16 heavy (non-hydrogen) atoms. The molecule has 1 aromatic rings. The standard InChI is InChI=1S/C13H19N3/c1-7-9-11-12(10(3)8-2)14-15-16(11)13(4,5)6/h7-9H,1-2H2,3-6H3/b11-9+,12-10+. The Balaban J connectivity index is 3.73. The number of nitrogens with zero attached hydrogens (tertiary/aromatic N) is 3. The summed E-state index contributed by atoms with van der Waals surface area (Å²) in [5, 5.41) is 10.2. The van der Waals surface area contributed by atoms with Gasteiger partial charge in [0.25, 0.3) is 0 Å². The molecular weight excluding hydrogens is 198 g/mol. The molecule has 0 aromatic carbocycles. The minimum Gasteiger partial charge on any atom is -0.239 e. The third kappa shape index (κ3) is 2.30. The summed E-state index contributed by atoms with van der Waals surface area (Å²) in [6, 6.07) is 0. The van der Waals surface area contributed by atoms with Gasteiger partial charge >= 0.3 is 0 Å². The molecule has 0 amide bonds. The van der Waals surface area contributed by atoms with E-state index in [0.717, 1.165) is 16.3 Å². The van der Waals surface area contributed by atoms with Gasteiger partial charge in [0.05, 0.1) is 10.9 Å². The second-order valence-electron chi connectivity index (χ2n) is 4.70. The zero-order chi connectivity index (χ0) is 12.3. The molecule has 0 aliphatic heterocycles. The van der Waals surface area contributed by atoms with E-state index in [0.29, 0.717) is 0 Å². The molecule has 0 saturated heterocycles. The Labute approximate surface area is 96.5 Å². The molecule has 0 spiro atoms. The van der Waals surface area contributed by atoms with Crippen LogP contribution in [0.3, 0.4) is 0 Å². The third-order valence-electron chi connectivity index (χ3n) is 2.30. The van der Waals surface area contributed by atoms with Crippen LogP contribution in [-0.4, -0.2) is 15.0 Å². The molecule has 0 bridgehead atoms. The van der Waals surface area contributed by atoms with Crippen molar-refractivity contribution in [2.45, 2.75) is 33.2 Å². The van der Waals surface area contributed by atoms with Gasteiger partial charge in [0, 0.05) is 0 Å². The predicted octanol–water partition coefficient (Wildman–Crippen LogP) is 1.36. The SMILES string of the molecule is C=C/C=c1\c(=C(\C)C=C)nnn1C(C)(C)C. The van der Waals surface area contributed by atoms with Crippen molar-refractivity contribution >= 4 is 11.6 Å². The second kappa shape index (κ2) is 4.47. The molecule has 3 heteroatoms. The van der Waals surface area contributed by atoms with Crippen LogP contribution in [0.1, 0.15) is 27.7 Å². The number of hydrogen-bond donors (Lipinski definition) is 0. The van der Waals surface area contributed by atoms with E-state index in [-0.39, 0.29) is 5.54 Å². The van der Waals surface area contributed by atoms with Crippen molar-refractivity contribution < 1.29 is 0 Å². The van der Waals surface area contributed by atoms with Crippen molar-refractivity contribution in [3.8, 4) is 0 Å². The highest BCUT2D eigenvalue weighted by atomic mass is 15.4. The van der Waals surface area contributed by atoms with E-state index in [4.69, 9.17) is 0 Å². The first-order valence-electron chi connectivity index (χ1n) is 5.30. The fraction of sp³-hybridized carbons (Fsp3) is 0.385. The lowest BCUT2D eigenvalue weighted by molar-refractivity contribution is 0.338. The van der Waals surface area contributed by atoms with Gasteiger partial charge in [-0.3, -0.25) is 0 Å². The van der Waals surface area contributed by atoms with Crippen LogP contribution in [0.5, 0.6) is 0 Å². The van der Waals surface area contributed by atoms with E-state index < -0.39 is 0 Å². The average molecular weight is 217 g/mol. The van der Waals surface area contributed by atoms with Gasteiger partial charge in [-0.05, 0) is 39.3 Å². The quantitative estimate of drug-likeness (QED) is 0.749. The molecule has 0 aliphatic rings. The molecule has 1 heterocycles. The van der Waals surface area contributed by atoms with Crippen LogP contribution in [0.25, 0.3) is 11.6 Å². The van der Waals surface area contributed by atoms with Gasteiger partial charge < -0.3 is 0 Å². The van der Waals surface area contributed by atoms with Gasteiger partial charge in [0.15, 0.2) is 0 Å². The first-order chi connectivity index (χ1) is 7.41. The maximum atomic E-state index is 4.20. The van der Waals surface area contributed by atoms with Gasteiger partial charge in [-0.15, -0.1) is 5.10 Å². The van der Waals surface area contributed by atoms with Crippen LogP contribution in [-0.2, 0) is 5.54 Å². The highest BCUT2D eigenvalue weighted by molar-refractivity contribution is 5.52. The van der Waals surface area contributed by atoms with Crippen molar-refractivity contribution in [3.05, 3.63) is 36.0 Å². The summed E-state index contributed by atoms with van der Waals surface area (Å²) in [6.45, 7) is 15.7. The van der Waals surface area contributed by atoms with Gasteiger partial charge in [0.2, 0.25) is 0 Å². The van der Waals surface area contributed by atoms with Crippen LogP contribution in [0, 0.1) is 0 Å². The molecular formula is C13H19N3. The summed E-state index contributed by atoms with van der Waals surface area (Å²) in [5.74, 6) is 0. The molecule has 0 radical (unpaired) electrons.